The van der Waals surface area contributed by atoms with Crippen LogP contribution in [0.25, 0.3) is 11.3 Å². The number of aryl methyl sites for hydroxylation is 1. The van der Waals surface area contributed by atoms with Gasteiger partial charge in [0.05, 0.1) is 5.69 Å². The molecule has 2 heterocycles. The number of fused-ring (bicyclic) bond motifs is 1. The number of carbonyl (C=O) groups excluding carboxylic acids is 2. The standard InChI is InChI=1S/C26H31N5O4S/c1-15(2)22(25(34)28-13-12-27)30-24(33)21-11-10-20(35-21)17-8-6-16(7-9-17)14-36-26-29-19-5-3-4-18(19)23(32)31-26/h6-11,15,22H,3-5,12-14,27H2,1-2H3,(H,28,34)(H,30,33)(H,29,31,32)/t22-/m1/s1. The first-order valence-electron chi connectivity index (χ1n) is 12.1. The van der Waals surface area contributed by atoms with Gasteiger partial charge in [0.2, 0.25) is 5.91 Å². The third-order valence-electron chi connectivity index (χ3n) is 6.04. The Morgan fingerprint density at radius 2 is 1.94 bits per heavy atom. The summed E-state index contributed by atoms with van der Waals surface area (Å²) in [6.07, 6.45) is 2.66. The van der Waals surface area contributed by atoms with Crippen molar-refractivity contribution < 1.29 is 14.0 Å². The second-order valence-corrected chi connectivity index (χ2v) is 10.0. The van der Waals surface area contributed by atoms with E-state index in [9.17, 15) is 14.4 Å². The molecule has 190 valence electrons. The highest BCUT2D eigenvalue weighted by atomic mass is 32.2. The van der Waals surface area contributed by atoms with Crippen molar-refractivity contribution in [3.63, 3.8) is 0 Å². The average Bonchev–Trinajstić information content (AvgIpc) is 3.55. The summed E-state index contributed by atoms with van der Waals surface area (Å²) in [4.78, 5) is 44.7. The molecule has 0 fully saturated rings. The zero-order valence-electron chi connectivity index (χ0n) is 20.4. The largest absolute Gasteiger partial charge is 0.451 e. The number of hydrogen-bond donors (Lipinski definition) is 4. The number of furan rings is 1. The lowest BCUT2D eigenvalue weighted by molar-refractivity contribution is -0.123. The molecule has 1 aliphatic carbocycles. The van der Waals surface area contributed by atoms with Crippen LogP contribution in [0.3, 0.4) is 0 Å². The number of H-pyrrole nitrogens is 1. The molecule has 0 bridgehead atoms. The van der Waals surface area contributed by atoms with Crippen molar-refractivity contribution >= 4 is 23.6 Å². The zero-order valence-corrected chi connectivity index (χ0v) is 21.2. The number of nitrogens with two attached hydrogens (primary N) is 1. The van der Waals surface area contributed by atoms with Crippen molar-refractivity contribution in [1.82, 2.24) is 20.6 Å². The number of amides is 2. The van der Waals surface area contributed by atoms with E-state index >= 15 is 0 Å². The van der Waals surface area contributed by atoms with Crippen molar-refractivity contribution in [2.24, 2.45) is 11.7 Å². The SMILES string of the molecule is CC(C)[C@@H](NC(=O)c1ccc(-c2ccc(CSc3nc4c(c(=O)[nH]3)CCC4)cc2)o1)C(=O)NCCN. The number of nitrogens with one attached hydrogen (secondary N) is 3. The summed E-state index contributed by atoms with van der Waals surface area (Å²) in [7, 11) is 0. The fourth-order valence-electron chi connectivity index (χ4n) is 4.07. The van der Waals surface area contributed by atoms with E-state index in [0.29, 0.717) is 29.8 Å². The molecule has 10 heteroatoms. The number of hydrogen-bond acceptors (Lipinski definition) is 7. The van der Waals surface area contributed by atoms with Crippen molar-refractivity contribution in [3.05, 3.63) is 69.3 Å². The molecule has 0 unspecified atom stereocenters. The first-order valence-corrected chi connectivity index (χ1v) is 13.1. The number of aromatic amines is 1. The van der Waals surface area contributed by atoms with Gasteiger partial charge in [0.1, 0.15) is 11.8 Å². The lowest BCUT2D eigenvalue weighted by Crippen LogP contribution is -2.50. The molecule has 0 radical (unpaired) electrons. The maximum Gasteiger partial charge on any atom is 0.287 e. The second-order valence-electron chi connectivity index (χ2n) is 9.07. The van der Waals surface area contributed by atoms with Crippen molar-refractivity contribution in [2.45, 2.75) is 50.1 Å². The van der Waals surface area contributed by atoms with Crippen LogP contribution in [0.2, 0.25) is 0 Å². The lowest BCUT2D eigenvalue weighted by Gasteiger charge is -2.21. The van der Waals surface area contributed by atoms with Gasteiger partial charge in [-0.3, -0.25) is 14.4 Å². The van der Waals surface area contributed by atoms with Crippen LogP contribution >= 0.6 is 11.8 Å². The Labute approximate surface area is 213 Å². The Morgan fingerprint density at radius 3 is 2.67 bits per heavy atom. The third kappa shape index (κ3) is 6.06. The van der Waals surface area contributed by atoms with Gasteiger partial charge in [0.15, 0.2) is 10.9 Å². The average molecular weight is 510 g/mol. The molecule has 2 aromatic heterocycles. The quantitative estimate of drug-likeness (QED) is 0.243. The van der Waals surface area contributed by atoms with Gasteiger partial charge in [0.25, 0.3) is 11.5 Å². The molecule has 3 aromatic rings. The van der Waals surface area contributed by atoms with E-state index in [1.54, 1.807) is 12.1 Å². The van der Waals surface area contributed by atoms with Gasteiger partial charge in [-0.05, 0) is 42.9 Å². The third-order valence-corrected chi connectivity index (χ3v) is 6.99. The van der Waals surface area contributed by atoms with Crippen LogP contribution in [0.1, 0.15) is 47.6 Å². The van der Waals surface area contributed by atoms with Crippen LogP contribution in [0.4, 0.5) is 0 Å². The minimum Gasteiger partial charge on any atom is -0.451 e. The monoisotopic (exact) mass is 509 g/mol. The Hall–Kier alpha value is -3.37. The fourth-order valence-corrected chi connectivity index (χ4v) is 4.91. The molecule has 5 N–H and O–H groups in total. The fraction of sp³-hybridized carbons (Fsp3) is 0.385. The van der Waals surface area contributed by atoms with Crippen LogP contribution < -0.4 is 21.9 Å². The minimum absolute atomic E-state index is 0.0242. The molecule has 0 saturated heterocycles. The Balaban J connectivity index is 1.37. The van der Waals surface area contributed by atoms with Gasteiger partial charge in [-0.2, -0.15) is 0 Å². The smallest absolute Gasteiger partial charge is 0.287 e. The highest BCUT2D eigenvalue weighted by molar-refractivity contribution is 7.98. The van der Waals surface area contributed by atoms with E-state index in [1.807, 2.05) is 38.1 Å². The first-order chi connectivity index (χ1) is 17.4. The van der Waals surface area contributed by atoms with Crippen molar-refractivity contribution in [1.29, 1.82) is 0 Å². The van der Waals surface area contributed by atoms with Gasteiger partial charge in [-0.15, -0.1) is 0 Å². The predicted molar refractivity (Wildman–Crippen MR) is 139 cm³/mol. The van der Waals surface area contributed by atoms with E-state index in [4.69, 9.17) is 10.2 Å². The zero-order chi connectivity index (χ0) is 25.7. The lowest BCUT2D eigenvalue weighted by atomic mass is 10.0. The Morgan fingerprint density at radius 1 is 1.17 bits per heavy atom. The Bertz CT molecular complexity index is 1280. The molecular weight excluding hydrogens is 478 g/mol. The van der Waals surface area contributed by atoms with E-state index in [0.717, 1.165) is 41.6 Å². The summed E-state index contributed by atoms with van der Waals surface area (Å²) in [6.45, 7) is 4.39. The Kier molecular flexibility index (Phi) is 8.27. The number of carbonyl (C=O) groups is 2. The molecular formula is C26H31N5O4S. The normalized spacial score (nSPS) is 13.4. The molecule has 0 spiro atoms. The van der Waals surface area contributed by atoms with E-state index in [-0.39, 0.29) is 23.1 Å². The molecule has 9 nitrogen and oxygen atoms in total. The molecule has 4 rings (SSSR count). The van der Waals surface area contributed by atoms with Crippen LogP contribution in [0.5, 0.6) is 0 Å². The second kappa shape index (κ2) is 11.6. The maximum absolute atomic E-state index is 12.7. The summed E-state index contributed by atoms with van der Waals surface area (Å²) in [5.41, 5.74) is 9.06. The summed E-state index contributed by atoms with van der Waals surface area (Å²) in [6, 6.07) is 10.4. The van der Waals surface area contributed by atoms with E-state index in [2.05, 4.69) is 20.6 Å². The molecule has 1 aromatic carbocycles. The van der Waals surface area contributed by atoms with Gasteiger partial charge < -0.3 is 25.8 Å². The number of nitrogens with zero attached hydrogens (tertiary/aromatic N) is 1. The minimum atomic E-state index is -0.690. The predicted octanol–water partition coefficient (Wildman–Crippen LogP) is 2.64. The van der Waals surface area contributed by atoms with Crippen LogP contribution in [-0.2, 0) is 23.4 Å². The molecule has 36 heavy (non-hydrogen) atoms. The van der Waals surface area contributed by atoms with E-state index < -0.39 is 11.9 Å². The maximum atomic E-state index is 12.7. The highest BCUT2D eigenvalue weighted by Crippen LogP contribution is 2.26. The molecule has 1 atom stereocenters. The molecule has 0 aliphatic heterocycles. The summed E-state index contributed by atoms with van der Waals surface area (Å²) in [5.74, 6) is 0.522. The van der Waals surface area contributed by atoms with Crippen molar-refractivity contribution in [2.75, 3.05) is 13.1 Å². The van der Waals surface area contributed by atoms with E-state index in [1.165, 1.54) is 11.8 Å². The highest BCUT2D eigenvalue weighted by Gasteiger charge is 2.25. The van der Waals surface area contributed by atoms with Gasteiger partial charge in [-0.25, -0.2) is 4.98 Å². The van der Waals surface area contributed by atoms with Crippen LogP contribution in [0, 0.1) is 5.92 Å². The van der Waals surface area contributed by atoms with Gasteiger partial charge in [-0.1, -0.05) is 49.9 Å². The summed E-state index contributed by atoms with van der Waals surface area (Å²) in [5, 5.41) is 6.10. The van der Waals surface area contributed by atoms with Gasteiger partial charge in [0, 0.05) is 30.0 Å². The van der Waals surface area contributed by atoms with Gasteiger partial charge >= 0.3 is 0 Å². The van der Waals surface area contributed by atoms with Crippen molar-refractivity contribution in [3.8, 4) is 11.3 Å². The topological polar surface area (TPSA) is 143 Å². The number of aromatic nitrogens is 2. The number of benzene rings is 1. The van der Waals surface area contributed by atoms with Crippen LogP contribution in [0.15, 0.2) is 50.8 Å². The summed E-state index contributed by atoms with van der Waals surface area (Å²) >= 11 is 1.50. The summed E-state index contributed by atoms with van der Waals surface area (Å²) < 4.78 is 5.78. The molecule has 0 saturated carbocycles. The number of rotatable bonds is 10. The van der Waals surface area contributed by atoms with Crippen LogP contribution in [-0.4, -0.2) is 40.9 Å². The molecule has 1 aliphatic rings. The number of thioether (sulfide) groups is 1. The first kappa shape index (κ1) is 25.7. The molecule has 2 amide bonds.